The summed E-state index contributed by atoms with van der Waals surface area (Å²) >= 11 is 0. The summed E-state index contributed by atoms with van der Waals surface area (Å²) in [6.45, 7) is 10.3. The highest BCUT2D eigenvalue weighted by Crippen LogP contribution is 2.34. The number of aliphatic hydroxyl groups excluding tert-OH is 1. The number of aliphatic hydroxyl groups is 1. The Labute approximate surface area is 252 Å². The Morgan fingerprint density at radius 2 is 1.62 bits per heavy atom. The van der Waals surface area contributed by atoms with E-state index in [0.29, 0.717) is 19.4 Å². The molecule has 0 aromatic rings. The molecule has 3 amide bonds. The zero-order valence-corrected chi connectivity index (χ0v) is 26.8. The maximum atomic E-state index is 14.3. The molecule has 2 saturated carbocycles. The highest BCUT2D eigenvalue weighted by molar-refractivity contribution is 6.38. The van der Waals surface area contributed by atoms with Gasteiger partial charge in [0.25, 0.3) is 5.91 Å². The van der Waals surface area contributed by atoms with Gasteiger partial charge in [0.2, 0.25) is 17.6 Å². The number of hydrogen-bond donors (Lipinski definition) is 5. The van der Waals surface area contributed by atoms with E-state index in [1.165, 1.54) is 6.42 Å². The molecule has 1 saturated heterocycles. The quantitative estimate of drug-likeness (QED) is 0.146. The van der Waals surface area contributed by atoms with Gasteiger partial charge in [0.15, 0.2) is 0 Å². The van der Waals surface area contributed by atoms with Crippen LogP contribution in [0.2, 0.25) is 0 Å². The van der Waals surface area contributed by atoms with Gasteiger partial charge in [0.1, 0.15) is 12.3 Å². The molecular formula is C32H57N5O5. The second-order valence-electron chi connectivity index (χ2n) is 13.9. The average molecular weight is 592 g/mol. The second-order valence-corrected chi connectivity index (χ2v) is 13.9. The lowest BCUT2D eigenvalue weighted by Gasteiger charge is -2.40. The largest absolute Gasteiger partial charge is 0.376 e. The molecule has 0 aromatic heterocycles. The molecule has 1 aliphatic heterocycles. The number of ketones is 1. The van der Waals surface area contributed by atoms with Crippen molar-refractivity contribution in [3.8, 4) is 0 Å². The number of carbonyl (C=O) groups is 4. The van der Waals surface area contributed by atoms with Gasteiger partial charge < -0.3 is 26.0 Å². The van der Waals surface area contributed by atoms with Gasteiger partial charge in [-0.25, -0.2) is 0 Å². The standard InChI is InChI=1S/C32H57N5O5/c1-7-12-21-18-19-37(25(21)29(40)35-23(13-8-2)26(38)30(41)34-22-16-17-22)31(42)27(32(3,4)5)36-28(39)24(33-6)20-14-10-9-11-15-20/h20-25,27,29,33,35,40H,7-19H2,1-6H3,(H,34,41)(H,36,39)/t21-,23?,24?,25?,27?,29?/m0/s1. The third-order valence-corrected chi connectivity index (χ3v) is 9.37. The van der Waals surface area contributed by atoms with Crippen molar-refractivity contribution in [2.75, 3.05) is 13.6 Å². The third-order valence-electron chi connectivity index (χ3n) is 9.37. The number of Topliss-reactive ketones (excluding diaryl/α,β-unsaturated/α-hetero) is 1. The predicted octanol–water partition coefficient (Wildman–Crippen LogP) is 2.63. The molecular weight excluding hydrogens is 534 g/mol. The van der Waals surface area contributed by atoms with E-state index in [1.54, 1.807) is 11.9 Å². The zero-order valence-electron chi connectivity index (χ0n) is 26.8. The van der Waals surface area contributed by atoms with Gasteiger partial charge in [-0.1, -0.05) is 66.7 Å². The molecule has 10 heteroatoms. The lowest BCUT2D eigenvalue weighted by atomic mass is 9.82. The van der Waals surface area contributed by atoms with Crippen LogP contribution in [0.5, 0.6) is 0 Å². The van der Waals surface area contributed by atoms with E-state index in [-0.39, 0.29) is 35.7 Å². The first kappa shape index (κ1) is 34.5. The van der Waals surface area contributed by atoms with Crippen molar-refractivity contribution < 1.29 is 24.3 Å². The molecule has 0 radical (unpaired) electrons. The molecule has 2 aliphatic carbocycles. The number of likely N-dealkylation sites (N-methyl/N-ethyl adjacent to an activating group) is 1. The van der Waals surface area contributed by atoms with Crippen LogP contribution in [-0.4, -0.2) is 83.5 Å². The van der Waals surface area contributed by atoms with E-state index in [9.17, 15) is 24.3 Å². The van der Waals surface area contributed by atoms with Crippen LogP contribution < -0.4 is 21.3 Å². The van der Waals surface area contributed by atoms with Crippen molar-refractivity contribution in [3.63, 3.8) is 0 Å². The van der Waals surface area contributed by atoms with Crippen LogP contribution in [0.3, 0.4) is 0 Å². The van der Waals surface area contributed by atoms with E-state index in [4.69, 9.17) is 0 Å². The fourth-order valence-electron chi connectivity index (χ4n) is 6.87. The van der Waals surface area contributed by atoms with Gasteiger partial charge in [-0.05, 0) is 69.2 Å². The molecule has 240 valence electrons. The number of hydrogen-bond acceptors (Lipinski definition) is 7. The third kappa shape index (κ3) is 8.99. The minimum absolute atomic E-state index is 0.0303. The van der Waals surface area contributed by atoms with Crippen LogP contribution in [0.1, 0.15) is 112 Å². The van der Waals surface area contributed by atoms with E-state index in [0.717, 1.165) is 57.8 Å². The summed E-state index contributed by atoms with van der Waals surface area (Å²) in [7, 11) is 1.81. The van der Waals surface area contributed by atoms with Crippen LogP contribution >= 0.6 is 0 Å². The first-order valence-corrected chi connectivity index (χ1v) is 16.5. The summed E-state index contributed by atoms with van der Waals surface area (Å²) in [5.41, 5.74) is -0.564. The first-order valence-electron chi connectivity index (χ1n) is 16.5. The predicted molar refractivity (Wildman–Crippen MR) is 163 cm³/mol. The zero-order chi connectivity index (χ0) is 31.0. The highest BCUT2D eigenvalue weighted by atomic mass is 16.3. The number of likely N-dealkylation sites (tertiary alicyclic amines) is 1. The van der Waals surface area contributed by atoms with Gasteiger partial charge in [-0.2, -0.15) is 0 Å². The van der Waals surface area contributed by atoms with Gasteiger partial charge >= 0.3 is 0 Å². The minimum Gasteiger partial charge on any atom is -0.376 e. The van der Waals surface area contributed by atoms with Crippen molar-refractivity contribution in [1.29, 1.82) is 0 Å². The topological polar surface area (TPSA) is 140 Å². The minimum atomic E-state index is -1.19. The highest BCUT2D eigenvalue weighted by Gasteiger charge is 2.47. The average Bonchev–Trinajstić information content (AvgIpc) is 3.66. The first-order chi connectivity index (χ1) is 19.9. The van der Waals surface area contributed by atoms with Crippen LogP contribution in [0.15, 0.2) is 0 Å². The van der Waals surface area contributed by atoms with E-state index in [1.807, 2.05) is 27.7 Å². The van der Waals surface area contributed by atoms with Crippen LogP contribution in [0.4, 0.5) is 0 Å². The van der Waals surface area contributed by atoms with E-state index in [2.05, 4.69) is 28.2 Å². The molecule has 42 heavy (non-hydrogen) atoms. The lowest BCUT2D eigenvalue weighted by molar-refractivity contribution is -0.144. The maximum absolute atomic E-state index is 14.3. The summed E-state index contributed by atoms with van der Waals surface area (Å²) in [6.07, 6.45) is 9.47. The van der Waals surface area contributed by atoms with Crippen molar-refractivity contribution in [2.24, 2.45) is 17.3 Å². The number of nitrogens with zero attached hydrogens (tertiary/aromatic N) is 1. The number of rotatable bonds is 15. The fraction of sp³-hybridized carbons (Fsp3) is 0.875. The molecule has 6 atom stereocenters. The van der Waals surface area contributed by atoms with Crippen molar-refractivity contribution >= 4 is 23.5 Å². The Balaban J connectivity index is 1.79. The summed E-state index contributed by atoms with van der Waals surface area (Å²) in [5.74, 6) is -1.30. The SMILES string of the molecule is CCCC(NC(O)C1[C@@H](CCC)CCN1C(=O)C(NC(=O)C(NC)C1CCCCC1)C(C)(C)C)C(=O)C(=O)NC1CC1. The second kappa shape index (κ2) is 15.6. The van der Waals surface area contributed by atoms with Crippen LogP contribution in [0, 0.1) is 17.3 Å². The molecule has 1 heterocycles. The molecule has 10 nitrogen and oxygen atoms in total. The van der Waals surface area contributed by atoms with Gasteiger partial charge in [-0.3, -0.25) is 24.5 Å². The van der Waals surface area contributed by atoms with Crippen molar-refractivity contribution in [3.05, 3.63) is 0 Å². The van der Waals surface area contributed by atoms with Crippen molar-refractivity contribution in [2.45, 2.75) is 148 Å². The Hall–Kier alpha value is -2.04. The van der Waals surface area contributed by atoms with E-state index < -0.39 is 41.5 Å². The summed E-state index contributed by atoms with van der Waals surface area (Å²) in [6, 6.07) is -2.49. The molecule has 3 fully saturated rings. The Morgan fingerprint density at radius 3 is 2.17 bits per heavy atom. The molecule has 0 aromatic carbocycles. The van der Waals surface area contributed by atoms with Gasteiger partial charge in [0.05, 0.1) is 18.1 Å². The maximum Gasteiger partial charge on any atom is 0.289 e. The Bertz CT molecular complexity index is 927. The van der Waals surface area contributed by atoms with Crippen LogP contribution in [-0.2, 0) is 19.2 Å². The van der Waals surface area contributed by atoms with Crippen LogP contribution in [0.25, 0.3) is 0 Å². The Kier molecular flexibility index (Phi) is 12.8. The van der Waals surface area contributed by atoms with Gasteiger partial charge in [-0.15, -0.1) is 0 Å². The normalized spacial score (nSPS) is 24.5. The molecule has 5 N–H and O–H groups in total. The molecule has 3 aliphatic rings. The Morgan fingerprint density at radius 1 is 0.952 bits per heavy atom. The molecule has 3 rings (SSSR count). The molecule has 5 unspecified atom stereocenters. The number of carbonyl (C=O) groups excluding carboxylic acids is 4. The monoisotopic (exact) mass is 591 g/mol. The number of amides is 3. The van der Waals surface area contributed by atoms with E-state index >= 15 is 0 Å². The summed E-state index contributed by atoms with van der Waals surface area (Å²) < 4.78 is 0. The molecule has 0 spiro atoms. The fourth-order valence-corrected chi connectivity index (χ4v) is 6.87. The number of nitrogens with one attached hydrogen (secondary N) is 4. The van der Waals surface area contributed by atoms with Gasteiger partial charge in [0, 0.05) is 12.6 Å². The lowest BCUT2D eigenvalue weighted by Crippen LogP contribution is -2.62. The molecule has 0 bridgehead atoms. The summed E-state index contributed by atoms with van der Waals surface area (Å²) in [4.78, 5) is 55.2. The van der Waals surface area contributed by atoms with Crippen molar-refractivity contribution in [1.82, 2.24) is 26.2 Å². The summed E-state index contributed by atoms with van der Waals surface area (Å²) in [5, 5.41) is 23.7. The smallest absolute Gasteiger partial charge is 0.289 e.